The van der Waals surface area contributed by atoms with Gasteiger partial charge < -0.3 is 10.5 Å². The van der Waals surface area contributed by atoms with Crippen LogP contribution in [-0.4, -0.2) is 11.3 Å². The van der Waals surface area contributed by atoms with Gasteiger partial charge in [0.2, 0.25) is 0 Å². The number of nitrogens with two attached hydrogens (primary N) is 1. The molecule has 0 fully saturated rings. The van der Waals surface area contributed by atoms with Crippen LogP contribution in [0, 0.1) is 3.70 Å². The minimum Gasteiger partial charge on any atom is -0.401 e. The van der Waals surface area contributed by atoms with Crippen LogP contribution in [0.15, 0.2) is 6.20 Å². The summed E-state index contributed by atoms with van der Waals surface area (Å²) in [7, 11) is 0. The van der Waals surface area contributed by atoms with Crippen molar-refractivity contribution in [2.75, 3.05) is 5.73 Å². The van der Waals surface area contributed by atoms with Gasteiger partial charge in [-0.3, -0.25) is 0 Å². The Labute approximate surface area is 95.5 Å². The monoisotopic (exact) mass is 338 g/mol. The van der Waals surface area contributed by atoms with Gasteiger partial charge in [-0.25, -0.2) is 4.98 Å². The van der Waals surface area contributed by atoms with Gasteiger partial charge in [-0.2, -0.15) is 0 Å². The predicted molar refractivity (Wildman–Crippen MR) is 53.1 cm³/mol. The maximum absolute atomic E-state index is 11.9. The van der Waals surface area contributed by atoms with Crippen molar-refractivity contribution in [3.8, 4) is 5.75 Å². The largest absolute Gasteiger partial charge is 0.573 e. The van der Waals surface area contributed by atoms with E-state index in [2.05, 4.69) is 9.72 Å². The SMILES string of the molecule is Nc1cnc(I)c(OC(F)(F)F)c1Cl. The molecular weight excluding hydrogens is 335 g/mol. The number of hydrogen-bond donors (Lipinski definition) is 1. The Morgan fingerprint density at radius 1 is 1.50 bits per heavy atom. The third kappa shape index (κ3) is 2.77. The van der Waals surface area contributed by atoms with Crippen LogP contribution >= 0.6 is 34.2 Å². The van der Waals surface area contributed by atoms with E-state index in [0.717, 1.165) is 6.20 Å². The van der Waals surface area contributed by atoms with E-state index < -0.39 is 12.1 Å². The van der Waals surface area contributed by atoms with Crippen molar-refractivity contribution in [3.05, 3.63) is 14.9 Å². The summed E-state index contributed by atoms with van der Waals surface area (Å²) < 4.78 is 39.3. The smallest absolute Gasteiger partial charge is 0.401 e. The van der Waals surface area contributed by atoms with E-state index in [9.17, 15) is 13.2 Å². The molecule has 0 aliphatic rings. The molecule has 0 radical (unpaired) electrons. The third-order valence-electron chi connectivity index (χ3n) is 1.17. The van der Waals surface area contributed by atoms with Crippen molar-refractivity contribution in [2.24, 2.45) is 0 Å². The van der Waals surface area contributed by atoms with Gasteiger partial charge in [-0.05, 0) is 22.6 Å². The first-order valence-corrected chi connectivity index (χ1v) is 4.62. The van der Waals surface area contributed by atoms with Gasteiger partial charge in [0.15, 0.2) is 5.75 Å². The highest BCUT2D eigenvalue weighted by Crippen LogP contribution is 2.36. The lowest BCUT2D eigenvalue weighted by atomic mass is 10.4. The minimum atomic E-state index is -4.81. The molecule has 2 N–H and O–H groups in total. The van der Waals surface area contributed by atoms with Crippen LogP contribution in [0.2, 0.25) is 5.02 Å². The second kappa shape index (κ2) is 3.97. The van der Waals surface area contributed by atoms with Crippen molar-refractivity contribution < 1.29 is 17.9 Å². The fourth-order valence-corrected chi connectivity index (χ4v) is 1.52. The molecule has 78 valence electrons. The second-order valence-corrected chi connectivity index (χ2v) is 3.60. The van der Waals surface area contributed by atoms with Crippen molar-refractivity contribution in [1.29, 1.82) is 0 Å². The molecule has 0 atom stereocenters. The number of nitrogen functional groups attached to an aromatic ring is 1. The number of hydrogen-bond acceptors (Lipinski definition) is 3. The Hall–Kier alpha value is -0.440. The van der Waals surface area contributed by atoms with E-state index in [4.69, 9.17) is 17.3 Å². The zero-order chi connectivity index (χ0) is 10.9. The molecule has 1 aromatic rings. The molecule has 0 bridgehead atoms. The van der Waals surface area contributed by atoms with Crippen molar-refractivity contribution >= 4 is 39.9 Å². The van der Waals surface area contributed by atoms with Crippen LogP contribution in [0.3, 0.4) is 0 Å². The van der Waals surface area contributed by atoms with E-state index in [1.54, 1.807) is 22.6 Å². The Balaban J connectivity index is 3.13. The fourth-order valence-electron chi connectivity index (χ4n) is 0.666. The highest BCUT2D eigenvalue weighted by Gasteiger charge is 2.33. The maximum Gasteiger partial charge on any atom is 0.573 e. The molecule has 3 nitrogen and oxygen atoms in total. The number of pyridine rings is 1. The molecule has 1 rings (SSSR count). The highest BCUT2D eigenvalue weighted by atomic mass is 127. The fraction of sp³-hybridized carbons (Fsp3) is 0.167. The summed E-state index contributed by atoms with van der Waals surface area (Å²) in [4.78, 5) is 3.58. The summed E-state index contributed by atoms with van der Waals surface area (Å²) in [5, 5.41) is -0.290. The minimum absolute atomic E-state index is 0.000810. The number of anilines is 1. The predicted octanol–water partition coefficient (Wildman–Crippen LogP) is 2.82. The van der Waals surface area contributed by atoms with Crippen LogP contribution in [0.4, 0.5) is 18.9 Å². The van der Waals surface area contributed by atoms with E-state index in [1.165, 1.54) is 0 Å². The zero-order valence-corrected chi connectivity index (χ0v) is 9.31. The van der Waals surface area contributed by atoms with Crippen LogP contribution < -0.4 is 10.5 Å². The van der Waals surface area contributed by atoms with E-state index in [0.29, 0.717) is 0 Å². The van der Waals surface area contributed by atoms with Crippen LogP contribution in [0.25, 0.3) is 0 Å². The van der Waals surface area contributed by atoms with Gasteiger partial charge in [0.25, 0.3) is 0 Å². The van der Waals surface area contributed by atoms with Gasteiger partial charge in [-0.1, -0.05) is 11.6 Å². The summed E-state index contributed by atoms with van der Waals surface area (Å²) in [6.45, 7) is 0. The molecule has 0 aromatic carbocycles. The quantitative estimate of drug-likeness (QED) is 0.633. The first-order valence-electron chi connectivity index (χ1n) is 3.16. The summed E-state index contributed by atoms with van der Waals surface area (Å²) in [6.07, 6.45) is -3.65. The zero-order valence-electron chi connectivity index (χ0n) is 6.40. The summed E-state index contributed by atoms with van der Waals surface area (Å²) in [5.41, 5.74) is 5.20. The molecule has 1 aromatic heterocycles. The number of alkyl halides is 3. The maximum atomic E-state index is 11.9. The Bertz CT molecular complexity index is 358. The Morgan fingerprint density at radius 3 is 2.57 bits per heavy atom. The number of halogens is 5. The number of aromatic nitrogens is 1. The summed E-state index contributed by atoms with van der Waals surface area (Å²) >= 11 is 7.08. The van der Waals surface area contributed by atoms with Crippen LogP contribution in [-0.2, 0) is 0 Å². The van der Waals surface area contributed by atoms with Gasteiger partial charge >= 0.3 is 6.36 Å². The first-order chi connectivity index (χ1) is 6.31. The highest BCUT2D eigenvalue weighted by molar-refractivity contribution is 14.1. The number of nitrogens with zero attached hydrogens (tertiary/aromatic N) is 1. The molecule has 0 spiro atoms. The first kappa shape index (κ1) is 11.6. The molecule has 0 saturated carbocycles. The molecule has 8 heteroatoms. The van der Waals surface area contributed by atoms with Crippen LogP contribution in [0.5, 0.6) is 5.75 Å². The van der Waals surface area contributed by atoms with Crippen molar-refractivity contribution in [1.82, 2.24) is 4.98 Å². The molecular formula is C6H3ClF3IN2O. The van der Waals surface area contributed by atoms with Gasteiger partial charge in [0, 0.05) is 0 Å². The number of rotatable bonds is 1. The molecule has 0 aliphatic carbocycles. The van der Waals surface area contributed by atoms with Crippen LogP contribution in [0.1, 0.15) is 0 Å². The molecule has 1 heterocycles. The van der Waals surface area contributed by atoms with Crippen molar-refractivity contribution in [3.63, 3.8) is 0 Å². The average molecular weight is 338 g/mol. The van der Waals surface area contributed by atoms with Gasteiger partial charge in [0.05, 0.1) is 11.9 Å². The van der Waals surface area contributed by atoms with E-state index in [1.807, 2.05) is 0 Å². The summed E-state index contributed by atoms with van der Waals surface area (Å²) in [5.74, 6) is -0.570. The second-order valence-electron chi connectivity index (χ2n) is 2.20. The normalized spacial score (nSPS) is 11.5. The standard InChI is InChI=1S/C6H3ClF3IN2O/c7-3-2(12)1-13-5(11)4(3)14-6(8,9)10/h1H,12H2. The molecule has 14 heavy (non-hydrogen) atoms. The Kier molecular flexibility index (Phi) is 3.30. The topological polar surface area (TPSA) is 48.1 Å². The Morgan fingerprint density at radius 2 is 2.07 bits per heavy atom. The third-order valence-corrected chi connectivity index (χ3v) is 2.33. The van der Waals surface area contributed by atoms with Crippen molar-refractivity contribution in [2.45, 2.75) is 6.36 Å². The molecule has 0 amide bonds. The number of ether oxygens (including phenoxy) is 1. The lowest BCUT2D eigenvalue weighted by Crippen LogP contribution is -2.18. The average Bonchev–Trinajstić information content (AvgIpc) is 2.04. The lowest BCUT2D eigenvalue weighted by molar-refractivity contribution is -0.275. The molecule has 0 saturated heterocycles. The van der Waals surface area contributed by atoms with Gasteiger partial charge in [-0.15, -0.1) is 13.2 Å². The van der Waals surface area contributed by atoms with Gasteiger partial charge in [0.1, 0.15) is 8.72 Å². The van der Waals surface area contributed by atoms with E-state index in [-0.39, 0.29) is 14.4 Å². The lowest BCUT2D eigenvalue weighted by Gasteiger charge is -2.12. The van der Waals surface area contributed by atoms with E-state index >= 15 is 0 Å². The summed E-state index contributed by atoms with van der Waals surface area (Å²) in [6, 6.07) is 0. The molecule has 0 aliphatic heterocycles. The molecule has 0 unspecified atom stereocenters.